The van der Waals surface area contributed by atoms with Gasteiger partial charge in [0.1, 0.15) is 5.82 Å². The first-order valence-electron chi connectivity index (χ1n) is 5.28. The molecule has 0 amide bonds. The number of pyridine rings is 1. The number of halogens is 2. The predicted octanol–water partition coefficient (Wildman–Crippen LogP) is 2.59. The Bertz CT molecular complexity index is 321. The van der Waals surface area contributed by atoms with E-state index in [1.54, 1.807) is 7.11 Å². The molecule has 0 saturated heterocycles. The Hall–Kier alpha value is -1.23. The van der Waals surface area contributed by atoms with Crippen LogP contribution in [0.25, 0.3) is 0 Å². The van der Waals surface area contributed by atoms with Gasteiger partial charge < -0.3 is 10.1 Å². The molecular weight excluding hydrogens is 214 g/mol. The lowest BCUT2D eigenvalue weighted by atomic mass is 10.2. The topological polar surface area (TPSA) is 34.1 Å². The molecule has 0 unspecified atom stereocenters. The third-order valence-corrected chi connectivity index (χ3v) is 2.13. The zero-order valence-electron chi connectivity index (χ0n) is 9.30. The molecule has 0 saturated carbocycles. The van der Waals surface area contributed by atoms with Crippen LogP contribution in [0.5, 0.6) is 0 Å². The number of unbranched alkanes of at least 4 members (excludes halogenated alkanes) is 2. The highest BCUT2D eigenvalue weighted by molar-refractivity contribution is 5.35. The maximum absolute atomic E-state index is 13.1. The van der Waals surface area contributed by atoms with Gasteiger partial charge in [-0.25, -0.2) is 13.8 Å². The minimum Gasteiger partial charge on any atom is -0.385 e. The molecule has 0 aliphatic rings. The first kappa shape index (κ1) is 12.8. The van der Waals surface area contributed by atoms with Crippen molar-refractivity contribution in [2.24, 2.45) is 0 Å². The van der Waals surface area contributed by atoms with Crippen LogP contribution in [0.2, 0.25) is 0 Å². The number of hydrogen-bond donors (Lipinski definition) is 1. The molecule has 5 heteroatoms. The Morgan fingerprint density at radius 2 is 2.12 bits per heavy atom. The van der Waals surface area contributed by atoms with Gasteiger partial charge in [0, 0.05) is 26.3 Å². The summed E-state index contributed by atoms with van der Waals surface area (Å²) in [7, 11) is 1.66. The minimum absolute atomic E-state index is 0.105. The first-order chi connectivity index (χ1) is 7.74. The monoisotopic (exact) mass is 230 g/mol. The number of methoxy groups -OCH3 is 1. The van der Waals surface area contributed by atoms with E-state index in [9.17, 15) is 8.78 Å². The van der Waals surface area contributed by atoms with Crippen LogP contribution in [-0.4, -0.2) is 25.2 Å². The average molecular weight is 230 g/mol. The Morgan fingerprint density at radius 1 is 1.31 bits per heavy atom. The lowest BCUT2D eigenvalue weighted by molar-refractivity contribution is 0.192. The molecule has 0 aromatic carbocycles. The molecule has 1 aromatic rings. The second kappa shape index (κ2) is 7.11. The molecule has 1 rings (SSSR count). The summed E-state index contributed by atoms with van der Waals surface area (Å²) in [5.74, 6) is -1.21. The molecule has 16 heavy (non-hydrogen) atoms. The van der Waals surface area contributed by atoms with Crippen molar-refractivity contribution in [1.29, 1.82) is 0 Å². The summed E-state index contributed by atoms with van der Waals surface area (Å²) in [5, 5.41) is 2.82. The predicted molar refractivity (Wildman–Crippen MR) is 58.4 cm³/mol. The Labute approximate surface area is 93.8 Å². The average Bonchev–Trinajstić information content (AvgIpc) is 2.26. The van der Waals surface area contributed by atoms with Crippen LogP contribution in [0.15, 0.2) is 12.3 Å². The van der Waals surface area contributed by atoms with Crippen molar-refractivity contribution in [3.63, 3.8) is 0 Å². The molecule has 0 spiro atoms. The van der Waals surface area contributed by atoms with Gasteiger partial charge in [0.15, 0.2) is 11.6 Å². The maximum atomic E-state index is 13.1. The fourth-order valence-corrected chi connectivity index (χ4v) is 1.30. The SMILES string of the molecule is COCCCCCNc1ncc(F)cc1F. The summed E-state index contributed by atoms with van der Waals surface area (Å²) >= 11 is 0. The fourth-order valence-electron chi connectivity index (χ4n) is 1.30. The van der Waals surface area contributed by atoms with Crippen LogP contribution in [0.1, 0.15) is 19.3 Å². The molecule has 0 atom stereocenters. The van der Waals surface area contributed by atoms with Crippen LogP contribution >= 0.6 is 0 Å². The second-order valence-electron chi connectivity index (χ2n) is 3.46. The van der Waals surface area contributed by atoms with E-state index in [2.05, 4.69) is 10.3 Å². The van der Waals surface area contributed by atoms with Gasteiger partial charge in [-0.15, -0.1) is 0 Å². The van der Waals surface area contributed by atoms with Gasteiger partial charge in [-0.05, 0) is 19.3 Å². The second-order valence-corrected chi connectivity index (χ2v) is 3.46. The van der Waals surface area contributed by atoms with Crippen LogP contribution in [0, 0.1) is 11.6 Å². The van der Waals surface area contributed by atoms with Gasteiger partial charge in [0.2, 0.25) is 0 Å². The van der Waals surface area contributed by atoms with Gasteiger partial charge in [-0.1, -0.05) is 0 Å². The summed E-state index contributed by atoms with van der Waals surface area (Å²) < 4.78 is 30.5. The minimum atomic E-state index is -0.664. The first-order valence-corrected chi connectivity index (χ1v) is 5.28. The number of ether oxygens (including phenoxy) is 1. The number of nitrogens with one attached hydrogen (secondary N) is 1. The molecule has 0 aliphatic carbocycles. The standard InChI is InChI=1S/C11H16F2N2O/c1-16-6-4-2-3-5-14-11-10(13)7-9(12)8-15-11/h7-8H,2-6H2,1H3,(H,14,15). The Morgan fingerprint density at radius 3 is 2.81 bits per heavy atom. The van der Waals surface area contributed by atoms with Crippen molar-refractivity contribution < 1.29 is 13.5 Å². The Kier molecular flexibility index (Phi) is 5.71. The quantitative estimate of drug-likeness (QED) is 0.731. The van der Waals surface area contributed by atoms with Crippen molar-refractivity contribution in [3.05, 3.63) is 23.9 Å². The zero-order valence-corrected chi connectivity index (χ0v) is 9.30. The summed E-state index contributed by atoms with van der Waals surface area (Å²) in [4.78, 5) is 3.63. The van der Waals surface area contributed by atoms with E-state index >= 15 is 0 Å². The third-order valence-electron chi connectivity index (χ3n) is 2.13. The molecule has 3 nitrogen and oxygen atoms in total. The van der Waals surface area contributed by atoms with Gasteiger partial charge in [0.05, 0.1) is 6.20 Å². The zero-order chi connectivity index (χ0) is 11.8. The highest BCUT2D eigenvalue weighted by atomic mass is 19.1. The van der Waals surface area contributed by atoms with Crippen LogP contribution in [0.4, 0.5) is 14.6 Å². The number of anilines is 1. The fraction of sp³-hybridized carbons (Fsp3) is 0.545. The van der Waals surface area contributed by atoms with E-state index in [4.69, 9.17) is 4.74 Å². The molecule has 1 heterocycles. The number of nitrogens with zero attached hydrogens (tertiary/aromatic N) is 1. The number of rotatable bonds is 7. The number of aromatic nitrogens is 1. The van der Waals surface area contributed by atoms with Gasteiger partial charge in [0.25, 0.3) is 0 Å². The third kappa shape index (κ3) is 4.53. The Balaban J connectivity index is 2.21. The molecule has 1 aromatic heterocycles. The summed E-state index contributed by atoms with van der Waals surface area (Å²) in [6.07, 6.45) is 3.89. The summed E-state index contributed by atoms with van der Waals surface area (Å²) in [6, 6.07) is 0.820. The highest BCUT2D eigenvalue weighted by Crippen LogP contribution is 2.11. The van der Waals surface area contributed by atoms with E-state index < -0.39 is 11.6 Å². The van der Waals surface area contributed by atoms with Crippen LogP contribution < -0.4 is 5.32 Å². The molecule has 0 aliphatic heterocycles. The lowest BCUT2D eigenvalue weighted by Gasteiger charge is -2.06. The van der Waals surface area contributed by atoms with Gasteiger partial charge in [-0.3, -0.25) is 0 Å². The molecular formula is C11H16F2N2O. The number of hydrogen-bond acceptors (Lipinski definition) is 3. The van der Waals surface area contributed by atoms with Crippen molar-refractivity contribution in [1.82, 2.24) is 4.98 Å². The van der Waals surface area contributed by atoms with Crippen molar-refractivity contribution >= 4 is 5.82 Å². The maximum Gasteiger partial charge on any atom is 0.168 e. The molecule has 0 radical (unpaired) electrons. The summed E-state index contributed by atoms with van der Waals surface area (Å²) in [5.41, 5.74) is 0. The largest absolute Gasteiger partial charge is 0.385 e. The van der Waals surface area contributed by atoms with E-state index in [-0.39, 0.29) is 5.82 Å². The smallest absolute Gasteiger partial charge is 0.168 e. The normalized spacial score (nSPS) is 10.4. The van der Waals surface area contributed by atoms with Crippen molar-refractivity contribution in [2.75, 3.05) is 25.6 Å². The summed E-state index contributed by atoms with van der Waals surface area (Å²) in [6.45, 7) is 1.36. The van der Waals surface area contributed by atoms with Gasteiger partial charge in [-0.2, -0.15) is 0 Å². The van der Waals surface area contributed by atoms with Crippen LogP contribution in [0.3, 0.4) is 0 Å². The molecule has 0 bridgehead atoms. The van der Waals surface area contributed by atoms with Crippen LogP contribution in [-0.2, 0) is 4.74 Å². The highest BCUT2D eigenvalue weighted by Gasteiger charge is 2.03. The van der Waals surface area contributed by atoms with E-state index in [0.29, 0.717) is 6.54 Å². The lowest BCUT2D eigenvalue weighted by Crippen LogP contribution is -2.06. The van der Waals surface area contributed by atoms with E-state index in [0.717, 1.165) is 38.1 Å². The van der Waals surface area contributed by atoms with Crippen molar-refractivity contribution in [2.45, 2.75) is 19.3 Å². The van der Waals surface area contributed by atoms with Crippen molar-refractivity contribution in [3.8, 4) is 0 Å². The van der Waals surface area contributed by atoms with E-state index in [1.807, 2.05) is 0 Å². The molecule has 0 fully saturated rings. The molecule has 1 N–H and O–H groups in total. The van der Waals surface area contributed by atoms with Gasteiger partial charge >= 0.3 is 0 Å². The van der Waals surface area contributed by atoms with E-state index in [1.165, 1.54) is 0 Å². The molecule has 90 valence electrons.